The predicted octanol–water partition coefficient (Wildman–Crippen LogP) is 2.47. The molecule has 5 nitrogen and oxygen atoms in total. The number of nitrogens with two attached hydrogens (primary N) is 1. The lowest BCUT2D eigenvalue weighted by atomic mass is 10.0. The molecule has 2 heterocycles. The Hall–Kier alpha value is -2.17. The molecule has 0 spiro atoms. The minimum atomic E-state index is 0.536. The molecule has 0 unspecified atom stereocenters. The van der Waals surface area contributed by atoms with Crippen molar-refractivity contribution >= 4 is 5.82 Å². The Morgan fingerprint density at radius 3 is 2.79 bits per heavy atom. The molecule has 0 atom stereocenters. The van der Waals surface area contributed by atoms with Gasteiger partial charge in [0, 0.05) is 17.3 Å². The summed E-state index contributed by atoms with van der Waals surface area (Å²) < 4.78 is 5.46. The van der Waals surface area contributed by atoms with Crippen molar-refractivity contribution in [3.8, 4) is 17.0 Å². The van der Waals surface area contributed by atoms with E-state index in [0.29, 0.717) is 12.4 Å². The molecule has 0 amide bonds. The summed E-state index contributed by atoms with van der Waals surface area (Å²) in [6, 6.07) is 1.93. The van der Waals surface area contributed by atoms with E-state index in [1.165, 1.54) is 6.33 Å². The van der Waals surface area contributed by atoms with Crippen LogP contribution >= 0.6 is 0 Å². The first-order valence-corrected chi connectivity index (χ1v) is 6.43. The van der Waals surface area contributed by atoms with Gasteiger partial charge in [-0.1, -0.05) is 13.3 Å². The maximum Gasteiger partial charge on any atom is 0.138 e. The van der Waals surface area contributed by atoms with E-state index >= 15 is 0 Å². The van der Waals surface area contributed by atoms with Crippen LogP contribution in [0.15, 0.2) is 24.8 Å². The van der Waals surface area contributed by atoms with Gasteiger partial charge in [0.15, 0.2) is 0 Å². The maximum absolute atomic E-state index is 5.94. The van der Waals surface area contributed by atoms with Crippen molar-refractivity contribution in [2.45, 2.75) is 26.7 Å². The summed E-state index contributed by atoms with van der Waals surface area (Å²) in [7, 11) is 0. The Bertz CT molecular complexity index is 557. The molecule has 2 N–H and O–H groups in total. The smallest absolute Gasteiger partial charge is 0.138 e. The molecular weight excluding hydrogens is 240 g/mol. The van der Waals surface area contributed by atoms with Crippen molar-refractivity contribution in [2.75, 3.05) is 12.3 Å². The van der Waals surface area contributed by atoms with E-state index in [1.54, 1.807) is 12.4 Å². The largest absolute Gasteiger partial charge is 0.492 e. The minimum Gasteiger partial charge on any atom is -0.492 e. The van der Waals surface area contributed by atoms with Crippen molar-refractivity contribution in [3.05, 3.63) is 30.4 Å². The summed E-state index contributed by atoms with van der Waals surface area (Å²) in [5, 5.41) is 0. The third kappa shape index (κ3) is 2.99. The van der Waals surface area contributed by atoms with Gasteiger partial charge < -0.3 is 10.5 Å². The van der Waals surface area contributed by atoms with Gasteiger partial charge in [-0.15, -0.1) is 0 Å². The third-order valence-corrected chi connectivity index (χ3v) is 2.78. The van der Waals surface area contributed by atoms with Crippen molar-refractivity contribution in [3.63, 3.8) is 0 Å². The van der Waals surface area contributed by atoms with Crippen LogP contribution in [0.1, 0.15) is 25.8 Å². The van der Waals surface area contributed by atoms with Crippen LogP contribution in [-0.4, -0.2) is 21.6 Å². The highest BCUT2D eigenvalue weighted by molar-refractivity contribution is 5.67. The van der Waals surface area contributed by atoms with Gasteiger partial charge in [-0.25, -0.2) is 9.97 Å². The molecule has 0 fully saturated rings. The lowest BCUT2D eigenvalue weighted by Crippen LogP contribution is -2.03. The minimum absolute atomic E-state index is 0.536. The summed E-state index contributed by atoms with van der Waals surface area (Å²) in [5.74, 6) is 1.27. The number of ether oxygens (including phenoxy) is 1. The summed E-state index contributed by atoms with van der Waals surface area (Å²) in [6.45, 7) is 4.65. The molecule has 0 bridgehead atoms. The van der Waals surface area contributed by atoms with Crippen LogP contribution < -0.4 is 10.5 Å². The summed E-state index contributed by atoms with van der Waals surface area (Å²) >= 11 is 0. The van der Waals surface area contributed by atoms with E-state index in [-0.39, 0.29) is 0 Å². The molecule has 2 aromatic rings. The van der Waals surface area contributed by atoms with Gasteiger partial charge in [0.05, 0.1) is 18.5 Å². The molecule has 0 aromatic carbocycles. The highest BCUT2D eigenvalue weighted by atomic mass is 16.5. The fraction of sp³-hybridized carbons (Fsp3) is 0.357. The quantitative estimate of drug-likeness (QED) is 0.891. The average molecular weight is 258 g/mol. The fourth-order valence-corrected chi connectivity index (χ4v) is 1.97. The van der Waals surface area contributed by atoms with Crippen LogP contribution in [-0.2, 0) is 6.42 Å². The molecule has 5 heteroatoms. The van der Waals surface area contributed by atoms with E-state index < -0.39 is 0 Å². The second kappa shape index (κ2) is 6.13. The number of rotatable bonds is 5. The zero-order chi connectivity index (χ0) is 13.7. The van der Waals surface area contributed by atoms with E-state index in [1.807, 2.05) is 13.0 Å². The molecule has 2 rings (SSSR count). The van der Waals surface area contributed by atoms with Gasteiger partial charge in [0.25, 0.3) is 0 Å². The van der Waals surface area contributed by atoms with Gasteiger partial charge in [-0.05, 0) is 19.4 Å². The Balaban J connectivity index is 2.46. The lowest BCUT2D eigenvalue weighted by molar-refractivity contribution is 0.339. The monoisotopic (exact) mass is 258 g/mol. The second-order valence-corrected chi connectivity index (χ2v) is 4.18. The molecule has 2 aromatic heterocycles. The first-order chi connectivity index (χ1) is 9.26. The van der Waals surface area contributed by atoms with Crippen LogP contribution in [0.3, 0.4) is 0 Å². The van der Waals surface area contributed by atoms with Crippen LogP contribution in [0.4, 0.5) is 5.82 Å². The van der Waals surface area contributed by atoms with Crippen LogP contribution in [0.2, 0.25) is 0 Å². The molecular formula is C14H18N4O. The van der Waals surface area contributed by atoms with Crippen molar-refractivity contribution in [1.29, 1.82) is 0 Å². The number of nitrogen functional groups attached to an aromatic ring is 1. The van der Waals surface area contributed by atoms with Crippen molar-refractivity contribution in [1.82, 2.24) is 15.0 Å². The summed E-state index contributed by atoms with van der Waals surface area (Å²) in [6.07, 6.45) is 6.78. The Kier molecular flexibility index (Phi) is 4.28. The van der Waals surface area contributed by atoms with Crippen LogP contribution in [0.5, 0.6) is 5.75 Å². The number of anilines is 1. The van der Waals surface area contributed by atoms with E-state index in [9.17, 15) is 0 Å². The van der Waals surface area contributed by atoms with E-state index in [4.69, 9.17) is 10.5 Å². The van der Waals surface area contributed by atoms with Crippen LogP contribution in [0, 0.1) is 0 Å². The molecule has 0 aliphatic carbocycles. The zero-order valence-corrected chi connectivity index (χ0v) is 11.3. The molecule has 0 aliphatic rings. The number of nitrogens with zero attached hydrogens (tertiary/aromatic N) is 3. The average Bonchev–Trinajstić information content (AvgIpc) is 2.42. The standard InChI is InChI=1S/C14H18N4O/c1-3-5-12-13(17-9-18-14(12)15)10-6-11(19-4-2)8-16-7-10/h6-9H,3-5H2,1-2H3,(H2,15,17,18). The van der Waals surface area contributed by atoms with Gasteiger partial charge in [-0.2, -0.15) is 0 Å². The van der Waals surface area contributed by atoms with Gasteiger partial charge >= 0.3 is 0 Å². The maximum atomic E-state index is 5.94. The summed E-state index contributed by atoms with van der Waals surface area (Å²) in [4.78, 5) is 12.6. The van der Waals surface area contributed by atoms with Crippen LogP contribution in [0.25, 0.3) is 11.3 Å². The zero-order valence-electron chi connectivity index (χ0n) is 11.3. The second-order valence-electron chi connectivity index (χ2n) is 4.18. The Morgan fingerprint density at radius 2 is 2.05 bits per heavy atom. The number of pyridine rings is 1. The fourth-order valence-electron chi connectivity index (χ4n) is 1.97. The Labute approximate surface area is 112 Å². The SMILES string of the molecule is CCCc1c(N)ncnc1-c1cncc(OCC)c1. The first kappa shape index (κ1) is 13.3. The molecule has 0 radical (unpaired) electrons. The Morgan fingerprint density at radius 1 is 1.21 bits per heavy atom. The van der Waals surface area contributed by atoms with Crippen molar-refractivity contribution < 1.29 is 4.74 Å². The van der Waals surface area contributed by atoms with Crippen molar-refractivity contribution in [2.24, 2.45) is 0 Å². The topological polar surface area (TPSA) is 73.9 Å². The van der Waals surface area contributed by atoms with E-state index in [2.05, 4.69) is 21.9 Å². The molecule has 0 saturated carbocycles. The van der Waals surface area contributed by atoms with Gasteiger partial charge in [-0.3, -0.25) is 4.98 Å². The molecule has 0 saturated heterocycles. The highest BCUT2D eigenvalue weighted by Crippen LogP contribution is 2.27. The highest BCUT2D eigenvalue weighted by Gasteiger charge is 2.11. The van der Waals surface area contributed by atoms with E-state index in [0.717, 1.165) is 35.4 Å². The first-order valence-electron chi connectivity index (χ1n) is 6.43. The van der Waals surface area contributed by atoms with Gasteiger partial charge in [0.2, 0.25) is 0 Å². The molecule has 19 heavy (non-hydrogen) atoms. The number of hydrogen-bond donors (Lipinski definition) is 1. The predicted molar refractivity (Wildman–Crippen MR) is 74.8 cm³/mol. The lowest BCUT2D eigenvalue weighted by Gasteiger charge is -2.10. The molecule has 100 valence electrons. The number of hydrogen-bond acceptors (Lipinski definition) is 5. The summed E-state index contributed by atoms with van der Waals surface area (Å²) in [5.41, 5.74) is 8.65. The third-order valence-electron chi connectivity index (χ3n) is 2.78. The molecule has 0 aliphatic heterocycles. The van der Waals surface area contributed by atoms with Gasteiger partial charge in [0.1, 0.15) is 17.9 Å². The number of aromatic nitrogens is 3. The normalized spacial score (nSPS) is 10.4.